The third-order valence-corrected chi connectivity index (χ3v) is 3.40. The zero-order valence-electron chi connectivity index (χ0n) is 13.7. The lowest BCUT2D eigenvalue weighted by molar-refractivity contribution is 0.200. The van der Waals surface area contributed by atoms with Gasteiger partial charge in [-0.3, -0.25) is 4.90 Å². The second kappa shape index (κ2) is 8.79. The summed E-state index contributed by atoms with van der Waals surface area (Å²) in [6, 6.07) is 2.94. The lowest BCUT2D eigenvalue weighted by Crippen LogP contribution is -2.28. The van der Waals surface area contributed by atoms with E-state index < -0.39 is 34.9 Å². The highest BCUT2D eigenvalue weighted by atomic mass is 19.2. The quantitative estimate of drug-likeness (QED) is 0.513. The van der Waals surface area contributed by atoms with Gasteiger partial charge in [-0.15, -0.1) is 0 Å². The molecule has 0 N–H and O–H groups in total. The van der Waals surface area contributed by atoms with Crippen LogP contribution in [0, 0.1) is 34.9 Å². The Balaban J connectivity index is 1.73. The van der Waals surface area contributed by atoms with Crippen molar-refractivity contribution in [1.29, 1.82) is 0 Å². The van der Waals surface area contributed by atoms with Crippen LogP contribution in [0.4, 0.5) is 26.3 Å². The van der Waals surface area contributed by atoms with E-state index in [4.69, 9.17) is 9.47 Å². The monoisotopic (exact) mass is 379 g/mol. The molecule has 0 radical (unpaired) electrons. The highest BCUT2D eigenvalue weighted by Crippen LogP contribution is 2.20. The molecule has 26 heavy (non-hydrogen) atoms. The summed E-state index contributed by atoms with van der Waals surface area (Å²) in [5.74, 6) is -8.82. The molecule has 0 heterocycles. The Hall–Kier alpha value is -2.42. The topological polar surface area (TPSA) is 21.7 Å². The number of benzene rings is 2. The molecule has 0 saturated carbocycles. The highest BCUT2D eigenvalue weighted by Gasteiger charge is 2.12. The molecule has 2 aromatic rings. The second-order valence-corrected chi connectivity index (χ2v) is 5.40. The maximum absolute atomic E-state index is 13.0. The summed E-state index contributed by atoms with van der Waals surface area (Å²) in [6.45, 7) is 0.772. The second-order valence-electron chi connectivity index (χ2n) is 5.40. The van der Waals surface area contributed by atoms with Crippen LogP contribution in [0.5, 0.6) is 11.5 Å². The Bertz CT molecular complexity index is 661. The third-order valence-electron chi connectivity index (χ3n) is 3.40. The molecule has 9 heteroatoms. The van der Waals surface area contributed by atoms with Crippen molar-refractivity contribution in [2.24, 2.45) is 0 Å². The van der Waals surface area contributed by atoms with Crippen LogP contribution in [0.15, 0.2) is 24.3 Å². The molecule has 0 atom stereocenters. The minimum absolute atomic E-state index is 0.0564. The van der Waals surface area contributed by atoms with Gasteiger partial charge in [0.1, 0.15) is 24.7 Å². The van der Waals surface area contributed by atoms with Crippen molar-refractivity contribution in [3.63, 3.8) is 0 Å². The normalized spacial score (nSPS) is 11.1. The first-order valence-corrected chi connectivity index (χ1v) is 7.51. The minimum atomic E-state index is -1.57. The van der Waals surface area contributed by atoms with Crippen LogP contribution in [0.25, 0.3) is 0 Å². The first kappa shape index (κ1) is 19.9. The summed E-state index contributed by atoms with van der Waals surface area (Å²) in [5.41, 5.74) is 0. The summed E-state index contributed by atoms with van der Waals surface area (Å²) in [6.07, 6.45) is 0. The Kier molecular flexibility index (Phi) is 6.73. The van der Waals surface area contributed by atoms with Crippen molar-refractivity contribution in [2.75, 3.05) is 33.4 Å². The third kappa shape index (κ3) is 5.29. The molecule has 2 aromatic carbocycles. The maximum atomic E-state index is 13.0. The van der Waals surface area contributed by atoms with Gasteiger partial charge in [0.15, 0.2) is 34.9 Å². The van der Waals surface area contributed by atoms with Gasteiger partial charge in [-0.2, -0.15) is 0 Å². The largest absolute Gasteiger partial charge is 0.492 e. The van der Waals surface area contributed by atoms with Crippen molar-refractivity contribution < 1.29 is 35.8 Å². The Morgan fingerprint density at radius 3 is 1.27 bits per heavy atom. The molecule has 0 spiro atoms. The first-order valence-electron chi connectivity index (χ1n) is 7.51. The number of halogens is 6. The van der Waals surface area contributed by atoms with Crippen LogP contribution in [0.2, 0.25) is 0 Å². The van der Waals surface area contributed by atoms with Crippen LogP contribution >= 0.6 is 0 Å². The molecule has 3 nitrogen and oxygen atoms in total. The zero-order valence-corrected chi connectivity index (χ0v) is 13.7. The highest BCUT2D eigenvalue weighted by molar-refractivity contribution is 5.25. The fourth-order valence-electron chi connectivity index (χ4n) is 1.98. The van der Waals surface area contributed by atoms with E-state index in [0.29, 0.717) is 13.1 Å². The van der Waals surface area contributed by atoms with Crippen LogP contribution in [0.1, 0.15) is 0 Å². The molecule has 0 unspecified atom stereocenters. The molecule has 2 rings (SSSR count). The van der Waals surface area contributed by atoms with Gasteiger partial charge in [-0.1, -0.05) is 0 Å². The van der Waals surface area contributed by atoms with E-state index in [1.807, 2.05) is 0 Å². The van der Waals surface area contributed by atoms with Crippen LogP contribution in [-0.4, -0.2) is 38.3 Å². The van der Waals surface area contributed by atoms with Crippen LogP contribution < -0.4 is 9.47 Å². The Labute approximate surface area is 145 Å². The predicted octanol–water partition coefficient (Wildman–Crippen LogP) is 3.91. The number of nitrogens with zero attached hydrogens (tertiary/aromatic N) is 1. The molecule has 0 saturated heterocycles. The van der Waals surface area contributed by atoms with Crippen molar-refractivity contribution in [2.45, 2.75) is 0 Å². The van der Waals surface area contributed by atoms with E-state index >= 15 is 0 Å². The van der Waals surface area contributed by atoms with E-state index in [1.54, 1.807) is 11.9 Å². The lowest BCUT2D eigenvalue weighted by atomic mass is 10.3. The van der Waals surface area contributed by atoms with Gasteiger partial charge < -0.3 is 9.47 Å². The van der Waals surface area contributed by atoms with E-state index in [0.717, 1.165) is 24.3 Å². The van der Waals surface area contributed by atoms with E-state index in [2.05, 4.69) is 0 Å². The molecular weight excluding hydrogens is 364 g/mol. The van der Waals surface area contributed by atoms with Gasteiger partial charge in [0.25, 0.3) is 0 Å². The SMILES string of the molecule is CN(CCOc1cc(F)c(F)c(F)c1)CCOc1cc(F)c(F)c(F)c1. The number of ether oxygens (including phenoxy) is 2. The molecule has 0 aliphatic rings. The average molecular weight is 379 g/mol. The van der Waals surface area contributed by atoms with E-state index in [1.165, 1.54) is 0 Å². The number of rotatable bonds is 8. The van der Waals surface area contributed by atoms with Crippen molar-refractivity contribution >= 4 is 0 Å². The zero-order chi connectivity index (χ0) is 19.3. The summed E-state index contributed by atoms with van der Waals surface area (Å²) in [4.78, 5) is 1.71. The fourth-order valence-corrected chi connectivity index (χ4v) is 1.98. The number of hydrogen-bond donors (Lipinski definition) is 0. The molecule has 0 aliphatic carbocycles. The van der Waals surface area contributed by atoms with Crippen molar-refractivity contribution in [1.82, 2.24) is 4.90 Å². The van der Waals surface area contributed by atoms with Crippen molar-refractivity contribution in [3.8, 4) is 11.5 Å². The minimum Gasteiger partial charge on any atom is -0.492 e. The Morgan fingerprint density at radius 2 is 0.962 bits per heavy atom. The van der Waals surface area contributed by atoms with E-state index in [9.17, 15) is 26.3 Å². The molecule has 0 amide bonds. The van der Waals surface area contributed by atoms with Crippen LogP contribution in [0.3, 0.4) is 0 Å². The van der Waals surface area contributed by atoms with Gasteiger partial charge in [-0.25, -0.2) is 26.3 Å². The molecule has 0 bridgehead atoms. The predicted molar refractivity (Wildman–Crippen MR) is 81.1 cm³/mol. The van der Waals surface area contributed by atoms with Gasteiger partial charge >= 0.3 is 0 Å². The first-order chi connectivity index (χ1) is 12.3. The summed E-state index contributed by atoms with van der Waals surface area (Å²) < 4.78 is 88.0. The maximum Gasteiger partial charge on any atom is 0.194 e. The number of likely N-dealkylation sites (N-methyl/N-ethyl adjacent to an activating group) is 1. The summed E-state index contributed by atoms with van der Waals surface area (Å²) in [5, 5.41) is 0. The van der Waals surface area contributed by atoms with Gasteiger partial charge in [-0.05, 0) is 7.05 Å². The standard InChI is InChI=1S/C17H15F6NO2/c1-24(2-4-25-10-6-12(18)16(22)13(19)7-10)3-5-26-11-8-14(20)17(23)15(21)9-11/h6-9H,2-5H2,1H3. The van der Waals surface area contributed by atoms with Crippen molar-refractivity contribution in [3.05, 3.63) is 59.2 Å². The van der Waals surface area contributed by atoms with Gasteiger partial charge in [0.05, 0.1) is 0 Å². The molecule has 0 aliphatic heterocycles. The lowest BCUT2D eigenvalue weighted by Gasteiger charge is -2.17. The van der Waals surface area contributed by atoms with Gasteiger partial charge in [0, 0.05) is 37.4 Å². The van der Waals surface area contributed by atoms with Gasteiger partial charge in [0.2, 0.25) is 0 Å². The average Bonchev–Trinajstić information content (AvgIpc) is 2.57. The molecule has 0 aromatic heterocycles. The number of hydrogen-bond acceptors (Lipinski definition) is 3. The fraction of sp³-hybridized carbons (Fsp3) is 0.294. The summed E-state index contributed by atoms with van der Waals surface area (Å²) >= 11 is 0. The molecule has 142 valence electrons. The van der Waals surface area contributed by atoms with Crippen LogP contribution in [-0.2, 0) is 0 Å². The van der Waals surface area contributed by atoms with E-state index in [-0.39, 0.29) is 24.7 Å². The summed E-state index contributed by atoms with van der Waals surface area (Å²) in [7, 11) is 1.68. The molecule has 0 fully saturated rings. The smallest absolute Gasteiger partial charge is 0.194 e. The molecular formula is C17H15F6NO2. The Morgan fingerprint density at radius 1 is 0.654 bits per heavy atom.